The number of carbonyl (C=O) groups is 1. The van der Waals surface area contributed by atoms with Crippen LogP contribution in [-0.2, 0) is 9.53 Å². The van der Waals surface area contributed by atoms with Crippen LogP contribution in [0.5, 0.6) is 0 Å². The highest BCUT2D eigenvalue weighted by Gasteiger charge is 2.27. The number of rotatable bonds is 6. The summed E-state index contributed by atoms with van der Waals surface area (Å²) in [6.45, 7) is 10.4. The summed E-state index contributed by atoms with van der Waals surface area (Å²) >= 11 is 3.03. The Morgan fingerprint density at radius 1 is 1.31 bits per heavy atom. The molecule has 2 aromatic rings. The third-order valence-electron chi connectivity index (χ3n) is 4.56. The third kappa shape index (κ3) is 5.04. The summed E-state index contributed by atoms with van der Waals surface area (Å²) in [6.07, 6.45) is 3.72. The molecular formula is C21H26FN3O2S2. The van der Waals surface area contributed by atoms with E-state index in [0.717, 1.165) is 26.1 Å². The quantitative estimate of drug-likeness (QED) is 0.570. The summed E-state index contributed by atoms with van der Waals surface area (Å²) in [5, 5.41) is 4.55. The van der Waals surface area contributed by atoms with Crippen LogP contribution in [0, 0.1) is 5.82 Å². The van der Waals surface area contributed by atoms with Gasteiger partial charge in [0.05, 0.1) is 23.4 Å². The molecule has 1 aromatic heterocycles. The number of nitrogens with zero attached hydrogens (tertiary/aromatic N) is 3. The van der Waals surface area contributed by atoms with Crippen LogP contribution in [0.15, 0.2) is 34.4 Å². The largest absolute Gasteiger partial charge is 0.464 e. The Balaban J connectivity index is 1.88. The number of benzene rings is 1. The van der Waals surface area contributed by atoms with Crippen molar-refractivity contribution >= 4 is 33.9 Å². The molecular weight excluding hydrogens is 409 g/mol. The Hall–Kier alpha value is -1.80. The zero-order chi connectivity index (χ0) is 21.1. The predicted octanol–water partition coefficient (Wildman–Crippen LogP) is 5.38. The summed E-state index contributed by atoms with van der Waals surface area (Å²) in [4.78, 5) is 17.3. The minimum Gasteiger partial charge on any atom is -0.464 e. The van der Waals surface area contributed by atoms with E-state index in [1.165, 1.54) is 11.8 Å². The molecule has 1 aromatic carbocycles. The van der Waals surface area contributed by atoms with E-state index in [-0.39, 0.29) is 23.6 Å². The zero-order valence-electron chi connectivity index (χ0n) is 17.3. The van der Waals surface area contributed by atoms with Gasteiger partial charge in [-0.1, -0.05) is 51.2 Å². The van der Waals surface area contributed by atoms with Gasteiger partial charge < -0.3 is 4.74 Å². The molecule has 1 atom stereocenters. The first-order chi connectivity index (χ1) is 13.8. The molecule has 0 saturated heterocycles. The Morgan fingerprint density at radius 3 is 2.55 bits per heavy atom. The van der Waals surface area contributed by atoms with Crippen molar-refractivity contribution < 1.29 is 13.9 Å². The first-order valence-corrected chi connectivity index (χ1v) is 11.5. The van der Waals surface area contributed by atoms with Crippen LogP contribution in [0.4, 0.5) is 4.39 Å². The number of hydrogen-bond acceptors (Lipinski definition) is 6. The maximum Gasteiger partial charge on any atom is 0.331 e. The number of hydrogen-bond donors (Lipinski definition) is 0. The molecule has 8 heteroatoms. The van der Waals surface area contributed by atoms with Gasteiger partial charge in [0.1, 0.15) is 10.2 Å². The van der Waals surface area contributed by atoms with E-state index >= 15 is 0 Å². The van der Waals surface area contributed by atoms with E-state index in [1.807, 2.05) is 10.9 Å². The summed E-state index contributed by atoms with van der Waals surface area (Å²) < 4.78 is 21.9. The predicted molar refractivity (Wildman–Crippen MR) is 118 cm³/mol. The van der Waals surface area contributed by atoms with Crippen LogP contribution in [0.3, 0.4) is 0 Å². The van der Waals surface area contributed by atoms with Gasteiger partial charge in [-0.25, -0.2) is 13.9 Å². The smallest absolute Gasteiger partial charge is 0.331 e. The first kappa shape index (κ1) is 21.9. The van der Waals surface area contributed by atoms with Crippen LogP contribution in [0.1, 0.15) is 57.6 Å². The molecule has 1 unspecified atom stereocenters. The van der Waals surface area contributed by atoms with Gasteiger partial charge in [-0.3, -0.25) is 4.99 Å². The second-order valence-corrected chi connectivity index (χ2v) is 9.77. The van der Waals surface area contributed by atoms with E-state index in [4.69, 9.17) is 4.74 Å². The molecule has 1 aliphatic rings. The maximum absolute atomic E-state index is 14.2. The fourth-order valence-electron chi connectivity index (χ4n) is 3.14. The highest BCUT2D eigenvalue weighted by atomic mass is 32.2. The number of aromatic nitrogens is 2. The number of halogens is 1. The molecule has 1 aliphatic heterocycles. The second-order valence-electron chi connectivity index (χ2n) is 7.44. The topological polar surface area (TPSA) is 56.5 Å². The van der Waals surface area contributed by atoms with Crippen LogP contribution in [-0.4, -0.2) is 38.5 Å². The van der Waals surface area contributed by atoms with Gasteiger partial charge in [0.25, 0.3) is 0 Å². The van der Waals surface area contributed by atoms with Crippen molar-refractivity contribution in [3.05, 3.63) is 41.5 Å². The molecule has 0 amide bonds. The fraction of sp³-hybridized carbons (Fsp3) is 0.476. The van der Waals surface area contributed by atoms with Gasteiger partial charge in [0.15, 0.2) is 6.04 Å². The molecule has 3 rings (SSSR count). The van der Waals surface area contributed by atoms with Crippen LogP contribution >= 0.6 is 23.5 Å². The normalized spacial score (nSPS) is 16.6. The SMILES string of the molecule is CCOC(=O)C1CSC(Sc2cnn(-c3c(C(C)C)cc(F)cc3C(C)C)c2)=N1. The Morgan fingerprint density at radius 2 is 1.97 bits per heavy atom. The average Bonchev–Trinajstić information content (AvgIpc) is 3.31. The molecule has 0 spiro atoms. The monoisotopic (exact) mass is 435 g/mol. The summed E-state index contributed by atoms with van der Waals surface area (Å²) in [7, 11) is 0. The number of carbonyl (C=O) groups excluding carboxylic acids is 1. The Labute approximate surface area is 179 Å². The Kier molecular flexibility index (Phi) is 7.05. The molecule has 0 bridgehead atoms. The number of esters is 1. The third-order valence-corrected chi connectivity index (χ3v) is 6.72. The molecule has 0 radical (unpaired) electrons. The van der Waals surface area contributed by atoms with Crippen LogP contribution in [0.2, 0.25) is 0 Å². The van der Waals surface area contributed by atoms with Crippen molar-refractivity contribution in [1.82, 2.24) is 9.78 Å². The molecule has 29 heavy (non-hydrogen) atoms. The lowest BCUT2D eigenvalue weighted by molar-refractivity contribution is -0.143. The first-order valence-electron chi connectivity index (χ1n) is 9.73. The molecule has 0 fully saturated rings. The van der Waals surface area contributed by atoms with Gasteiger partial charge in [-0.2, -0.15) is 5.10 Å². The minimum absolute atomic E-state index is 0.165. The van der Waals surface area contributed by atoms with Crippen molar-refractivity contribution in [1.29, 1.82) is 0 Å². The van der Waals surface area contributed by atoms with Crippen molar-refractivity contribution in [3.63, 3.8) is 0 Å². The van der Waals surface area contributed by atoms with E-state index in [0.29, 0.717) is 12.4 Å². The number of aliphatic imine (C=N–C) groups is 1. The standard InChI is InChI=1S/C21H26FN3O2S2/c1-6-27-20(26)18-11-28-21(24-18)29-15-9-23-25(10-15)19-16(12(2)3)7-14(22)8-17(19)13(4)5/h7-10,12-13,18H,6,11H2,1-5H3. The summed E-state index contributed by atoms with van der Waals surface area (Å²) in [5.74, 6) is 0.435. The summed E-state index contributed by atoms with van der Waals surface area (Å²) in [6, 6.07) is 2.76. The van der Waals surface area contributed by atoms with Crippen molar-refractivity contribution in [2.45, 2.75) is 57.4 Å². The molecule has 0 N–H and O–H groups in total. The zero-order valence-corrected chi connectivity index (χ0v) is 18.9. The van der Waals surface area contributed by atoms with Gasteiger partial charge in [-0.05, 0) is 42.0 Å². The fourth-order valence-corrected chi connectivity index (χ4v) is 5.21. The number of ether oxygens (including phenoxy) is 1. The van der Waals surface area contributed by atoms with Gasteiger partial charge in [0.2, 0.25) is 0 Å². The van der Waals surface area contributed by atoms with E-state index in [2.05, 4.69) is 37.8 Å². The van der Waals surface area contributed by atoms with Gasteiger partial charge in [0, 0.05) is 11.9 Å². The molecule has 5 nitrogen and oxygen atoms in total. The van der Waals surface area contributed by atoms with Crippen LogP contribution in [0.25, 0.3) is 5.69 Å². The molecule has 2 heterocycles. The van der Waals surface area contributed by atoms with E-state index in [9.17, 15) is 9.18 Å². The summed E-state index contributed by atoms with van der Waals surface area (Å²) in [5.41, 5.74) is 2.81. The highest BCUT2D eigenvalue weighted by Crippen LogP contribution is 2.35. The highest BCUT2D eigenvalue weighted by molar-refractivity contribution is 8.39. The second kappa shape index (κ2) is 9.34. The molecule has 0 saturated carbocycles. The van der Waals surface area contributed by atoms with E-state index < -0.39 is 6.04 Å². The van der Waals surface area contributed by atoms with Crippen molar-refractivity contribution in [3.8, 4) is 5.69 Å². The average molecular weight is 436 g/mol. The van der Waals surface area contributed by atoms with E-state index in [1.54, 1.807) is 37.0 Å². The van der Waals surface area contributed by atoms with Gasteiger partial charge in [-0.15, -0.1) is 0 Å². The van der Waals surface area contributed by atoms with Crippen molar-refractivity contribution in [2.24, 2.45) is 4.99 Å². The van der Waals surface area contributed by atoms with Crippen molar-refractivity contribution in [2.75, 3.05) is 12.4 Å². The minimum atomic E-state index is -0.435. The lowest BCUT2D eigenvalue weighted by Crippen LogP contribution is -2.21. The lowest BCUT2D eigenvalue weighted by atomic mass is 9.92. The Bertz CT molecular complexity index is 895. The van der Waals surface area contributed by atoms with Crippen LogP contribution < -0.4 is 0 Å². The molecule has 0 aliphatic carbocycles. The molecule has 156 valence electrons. The number of thioether (sulfide) groups is 2. The maximum atomic E-state index is 14.2. The van der Waals surface area contributed by atoms with Gasteiger partial charge >= 0.3 is 5.97 Å². The lowest BCUT2D eigenvalue weighted by Gasteiger charge is -2.19.